The van der Waals surface area contributed by atoms with E-state index in [1.165, 1.54) is 25.7 Å². The summed E-state index contributed by atoms with van der Waals surface area (Å²) in [6.45, 7) is 8.05. The van der Waals surface area contributed by atoms with Gasteiger partial charge in [-0.1, -0.05) is 39.0 Å². The third-order valence-corrected chi connectivity index (χ3v) is 5.74. The van der Waals surface area contributed by atoms with Crippen LogP contribution in [0.1, 0.15) is 64.7 Å². The molecule has 1 N–H and O–H groups in total. The maximum absolute atomic E-state index is 11.6. The summed E-state index contributed by atoms with van der Waals surface area (Å²) in [7, 11) is 0. The third kappa shape index (κ3) is 32.7. The number of unbranched alkanes of at least 4 members (excludes halogenated alkanes) is 5. The van der Waals surface area contributed by atoms with Gasteiger partial charge in [-0.05, 0) is 6.42 Å². The molecule has 0 amide bonds. The minimum atomic E-state index is -1.56. The molecule has 0 aromatic carbocycles. The lowest BCUT2D eigenvalue weighted by Crippen LogP contribution is -2.17. The molecule has 0 saturated heterocycles. The number of carbonyl (C=O) groups is 4. The topological polar surface area (TPSA) is 172 Å². The summed E-state index contributed by atoms with van der Waals surface area (Å²) in [5, 5.41) is 8.43. The van der Waals surface area contributed by atoms with Crippen molar-refractivity contribution in [3.05, 3.63) is 0 Å². The Morgan fingerprint density at radius 1 is 0.409 bits per heavy atom. The van der Waals surface area contributed by atoms with Gasteiger partial charge >= 0.3 is 17.9 Å². The zero-order valence-electron chi connectivity index (χ0n) is 26.4. The molecule has 258 valence electrons. The van der Waals surface area contributed by atoms with Crippen molar-refractivity contribution in [2.45, 2.75) is 64.7 Å². The minimum absolute atomic E-state index is 0.0129. The van der Waals surface area contributed by atoms with Crippen molar-refractivity contribution >= 4 is 23.7 Å². The van der Waals surface area contributed by atoms with Gasteiger partial charge in [0.1, 0.15) is 13.2 Å². The maximum Gasteiger partial charge on any atom is 0.372 e. The van der Waals surface area contributed by atoms with Crippen LogP contribution in [0.5, 0.6) is 0 Å². The molecule has 0 radical (unpaired) electrons. The summed E-state index contributed by atoms with van der Waals surface area (Å²) in [6, 6.07) is 0. The number of hydrogen-bond donors (Lipinski definition) is 1. The number of carboxylic acid groups (broad SMARTS) is 1. The predicted molar refractivity (Wildman–Crippen MR) is 158 cm³/mol. The second kappa shape index (κ2) is 33.7. The number of ether oxygens (including phenoxy) is 9. The van der Waals surface area contributed by atoms with Crippen LogP contribution in [0, 0.1) is 0 Å². The van der Waals surface area contributed by atoms with Crippen molar-refractivity contribution in [1.29, 1.82) is 0 Å². The van der Waals surface area contributed by atoms with E-state index in [1.54, 1.807) is 0 Å². The number of esters is 2. The Balaban J connectivity index is 3.18. The lowest BCUT2D eigenvalue weighted by atomic mass is 10.1. The molecule has 0 atom stereocenters. The van der Waals surface area contributed by atoms with Crippen LogP contribution in [0.3, 0.4) is 0 Å². The standard InChI is InChI=1S/C30H54O14/c1-2-3-4-5-6-7-8-28(32)43-25-23-41-21-19-39-17-15-37-13-11-36-12-14-38-16-18-40-20-22-42-24-26-44-29(33)10-9-27(31)30(34)35/h2-26H2,1H3,(H,34,35). The van der Waals surface area contributed by atoms with Crippen LogP contribution in [0.15, 0.2) is 0 Å². The van der Waals surface area contributed by atoms with Gasteiger partial charge in [-0.2, -0.15) is 0 Å². The predicted octanol–water partition coefficient (Wildman–Crippen LogP) is 2.37. The zero-order chi connectivity index (χ0) is 32.4. The van der Waals surface area contributed by atoms with Crippen LogP contribution in [0.4, 0.5) is 0 Å². The zero-order valence-corrected chi connectivity index (χ0v) is 26.4. The number of carboxylic acids is 1. The van der Waals surface area contributed by atoms with Crippen LogP contribution in [-0.2, 0) is 61.8 Å². The maximum atomic E-state index is 11.6. The summed E-state index contributed by atoms with van der Waals surface area (Å²) in [5.74, 6) is -3.40. The first-order valence-electron chi connectivity index (χ1n) is 15.6. The van der Waals surface area contributed by atoms with E-state index in [9.17, 15) is 19.2 Å². The fraction of sp³-hybridized carbons (Fsp3) is 0.867. The molecule has 44 heavy (non-hydrogen) atoms. The second-order valence-electron chi connectivity index (χ2n) is 9.47. The van der Waals surface area contributed by atoms with Crippen molar-refractivity contribution < 1.29 is 66.9 Å². The number of hydrogen-bond acceptors (Lipinski definition) is 13. The average molecular weight is 639 g/mol. The molecule has 14 heteroatoms. The Labute approximate surface area is 261 Å². The number of ketones is 1. The highest BCUT2D eigenvalue weighted by Crippen LogP contribution is 2.07. The Hall–Kier alpha value is -2.20. The highest BCUT2D eigenvalue weighted by atomic mass is 16.6. The lowest BCUT2D eigenvalue weighted by molar-refractivity contribution is -0.151. The summed E-state index contributed by atoms with van der Waals surface area (Å²) < 4.78 is 47.7. The third-order valence-electron chi connectivity index (χ3n) is 5.74. The normalized spacial score (nSPS) is 11.0. The number of rotatable bonds is 35. The van der Waals surface area contributed by atoms with Gasteiger partial charge < -0.3 is 47.7 Å². The van der Waals surface area contributed by atoms with Crippen molar-refractivity contribution in [2.75, 3.05) is 106 Å². The monoisotopic (exact) mass is 638 g/mol. The summed E-state index contributed by atoms with van der Waals surface area (Å²) in [5.41, 5.74) is 0. The molecule has 0 aliphatic rings. The van der Waals surface area contributed by atoms with Gasteiger partial charge in [-0.3, -0.25) is 14.4 Å². The number of carbonyl (C=O) groups excluding carboxylic acids is 3. The van der Waals surface area contributed by atoms with E-state index >= 15 is 0 Å². The van der Waals surface area contributed by atoms with Crippen LogP contribution >= 0.6 is 0 Å². The molecule has 0 unspecified atom stereocenters. The van der Waals surface area contributed by atoms with Gasteiger partial charge in [0.15, 0.2) is 0 Å². The smallest absolute Gasteiger partial charge is 0.372 e. The van der Waals surface area contributed by atoms with E-state index in [0.717, 1.165) is 12.8 Å². The first kappa shape index (κ1) is 41.8. The highest BCUT2D eigenvalue weighted by molar-refractivity contribution is 6.32. The Bertz CT molecular complexity index is 703. The molecular formula is C30H54O14. The van der Waals surface area contributed by atoms with Gasteiger partial charge in [0, 0.05) is 12.8 Å². The van der Waals surface area contributed by atoms with Crippen LogP contribution in [0.2, 0.25) is 0 Å². The minimum Gasteiger partial charge on any atom is -0.476 e. The molecule has 0 rings (SSSR count). The first-order chi connectivity index (χ1) is 21.5. The first-order valence-corrected chi connectivity index (χ1v) is 15.6. The molecule has 14 nitrogen and oxygen atoms in total. The van der Waals surface area contributed by atoms with Crippen LogP contribution in [0.25, 0.3) is 0 Å². The average Bonchev–Trinajstić information content (AvgIpc) is 3.01. The van der Waals surface area contributed by atoms with Crippen molar-refractivity contribution in [2.24, 2.45) is 0 Å². The Morgan fingerprint density at radius 2 is 0.727 bits per heavy atom. The van der Waals surface area contributed by atoms with E-state index in [2.05, 4.69) is 6.92 Å². The molecule has 0 bridgehead atoms. The quantitative estimate of drug-likeness (QED) is 0.0609. The fourth-order valence-electron chi connectivity index (χ4n) is 3.37. The lowest BCUT2D eigenvalue weighted by Gasteiger charge is -2.09. The molecule has 0 spiro atoms. The van der Waals surface area contributed by atoms with Crippen molar-refractivity contribution in [3.8, 4) is 0 Å². The largest absolute Gasteiger partial charge is 0.476 e. The molecule has 0 aromatic heterocycles. The Morgan fingerprint density at radius 3 is 1.09 bits per heavy atom. The number of Topliss-reactive ketones (excluding diaryl/α,β-unsaturated/α-hetero) is 1. The van der Waals surface area contributed by atoms with Crippen LogP contribution in [-0.4, -0.2) is 135 Å². The van der Waals surface area contributed by atoms with Gasteiger partial charge in [0.2, 0.25) is 5.78 Å². The summed E-state index contributed by atoms with van der Waals surface area (Å²) >= 11 is 0. The fourth-order valence-corrected chi connectivity index (χ4v) is 3.37. The van der Waals surface area contributed by atoms with Gasteiger partial charge in [0.05, 0.1) is 98.9 Å². The van der Waals surface area contributed by atoms with Crippen LogP contribution < -0.4 is 0 Å². The molecule has 0 aliphatic heterocycles. The second-order valence-corrected chi connectivity index (χ2v) is 9.47. The van der Waals surface area contributed by atoms with Gasteiger partial charge in [-0.25, -0.2) is 4.79 Å². The molecule has 0 saturated carbocycles. The van der Waals surface area contributed by atoms with E-state index < -0.39 is 17.7 Å². The van der Waals surface area contributed by atoms with E-state index in [0.29, 0.717) is 92.3 Å². The van der Waals surface area contributed by atoms with Crippen molar-refractivity contribution in [1.82, 2.24) is 0 Å². The van der Waals surface area contributed by atoms with E-state index in [-0.39, 0.29) is 38.6 Å². The molecular weight excluding hydrogens is 584 g/mol. The van der Waals surface area contributed by atoms with Gasteiger partial charge in [-0.15, -0.1) is 0 Å². The SMILES string of the molecule is CCCCCCCCC(=O)OCCOCCOCCOCCOCCOCCOCCOCCOC(=O)CCC(=O)C(=O)O. The van der Waals surface area contributed by atoms with Gasteiger partial charge in [0.25, 0.3) is 0 Å². The van der Waals surface area contributed by atoms with E-state index in [1.807, 2.05) is 0 Å². The van der Waals surface area contributed by atoms with Crippen molar-refractivity contribution in [3.63, 3.8) is 0 Å². The Kier molecular flexibility index (Phi) is 32.0. The molecule has 0 fully saturated rings. The molecule has 0 heterocycles. The molecule has 0 aliphatic carbocycles. The number of aliphatic carboxylic acids is 1. The molecule has 0 aromatic rings. The highest BCUT2D eigenvalue weighted by Gasteiger charge is 2.14. The summed E-state index contributed by atoms with van der Waals surface area (Å²) in [6.07, 6.45) is 6.67. The van der Waals surface area contributed by atoms with E-state index in [4.69, 9.17) is 47.7 Å². The summed E-state index contributed by atoms with van der Waals surface area (Å²) in [4.78, 5) is 44.2.